The predicted molar refractivity (Wildman–Crippen MR) is 78.0 cm³/mol. The van der Waals surface area contributed by atoms with Gasteiger partial charge in [-0.25, -0.2) is 0 Å². The number of hydrogen-bond acceptors (Lipinski definition) is 3. The summed E-state index contributed by atoms with van der Waals surface area (Å²) in [6.07, 6.45) is 4.52. The molecule has 2 rings (SSSR count). The molecule has 0 aromatic heterocycles. The highest BCUT2D eigenvalue weighted by atomic mass is 16.4. The van der Waals surface area contributed by atoms with Gasteiger partial charge in [0.2, 0.25) is 5.91 Å². The Kier molecular flexibility index (Phi) is 4.83. The first kappa shape index (κ1) is 15.4. The number of carboxylic acid groups (broad SMARTS) is 1. The summed E-state index contributed by atoms with van der Waals surface area (Å²) >= 11 is 0. The molecule has 5 heteroatoms. The van der Waals surface area contributed by atoms with Gasteiger partial charge in [0.15, 0.2) is 0 Å². The van der Waals surface area contributed by atoms with E-state index in [1.165, 1.54) is 0 Å². The van der Waals surface area contributed by atoms with Crippen LogP contribution in [0.3, 0.4) is 0 Å². The summed E-state index contributed by atoms with van der Waals surface area (Å²) in [4.78, 5) is 23.3. The first-order chi connectivity index (χ1) is 9.99. The lowest BCUT2D eigenvalue weighted by atomic mass is 9.79. The van der Waals surface area contributed by atoms with Crippen molar-refractivity contribution >= 4 is 11.9 Å². The molecule has 0 radical (unpaired) electrons. The zero-order chi connectivity index (χ0) is 15.3. The molecular formula is C16H21NO4. The predicted octanol–water partition coefficient (Wildman–Crippen LogP) is 2.23. The van der Waals surface area contributed by atoms with Crippen molar-refractivity contribution in [2.75, 3.05) is 0 Å². The topological polar surface area (TPSA) is 86.6 Å². The van der Waals surface area contributed by atoms with Crippen LogP contribution in [0.5, 0.6) is 5.75 Å². The molecule has 0 bridgehead atoms. The van der Waals surface area contributed by atoms with Crippen molar-refractivity contribution in [1.82, 2.24) is 5.32 Å². The van der Waals surface area contributed by atoms with Gasteiger partial charge in [0.1, 0.15) is 5.75 Å². The van der Waals surface area contributed by atoms with Crippen LogP contribution in [0.2, 0.25) is 0 Å². The minimum absolute atomic E-state index is 0.0290. The Balaban J connectivity index is 2.02. The second kappa shape index (κ2) is 6.61. The number of benzene rings is 1. The molecule has 0 saturated heterocycles. The third kappa shape index (κ3) is 4.48. The lowest BCUT2D eigenvalue weighted by Crippen LogP contribution is -2.51. The van der Waals surface area contributed by atoms with Crippen LogP contribution in [0.4, 0.5) is 0 Å². The maximum Gasteiger partial charge on any atom is 0.305 e. The number of carboxylic acids is 1. The van der Waals surface area contributed by atoms with Gasteiger partial charge in [-0.2, -0.15) is 0 Å². The molecule has 1 aliphatic rings. The van der Waals surface area contributed by atoms with Gasteiger partial charge in [0.25, 0.3) is 0 Å². The molecule has 1 amide bonds. The SMILES string of the molecule is O=C(O)CC1(NC(=O)Cc2cccc(O)c2)CCCCC1. The number of carbonyl (C=O) groups is 2. The summed E-state index contributed by atoms with van der Waals surface area (Å²) in [5.74, 6) is -0.948. The number of aliphatic carboxylic acids is 1. The van der Waals surface area contributed by atoms with E-state index in [9.17, 15) is 14.7 Å². The van der Waals surface area contributed by atoms with E-state index >= 15 is 0 Å². The van der Waals surface area contributed by atoms with Crippen molar-refractivity contribution in [3.63, 3.8) is 0 Å². The van der Waals surface area contributed by atoms with Crippen molar-refractivity contribution in [3.8, 4) is 5.75 Å². The molecule has 1 aromatic carbocycles. The average molecular weight is 291 g/mol. The van der Waals surface area contributed by atoms with E-state index in [-0.39, 0.29) is 24.5 Å². The van der Waals surface area contributed by atoms with E-state index in [0.717, 1.165) is 19.3 Å². The van der Waals surface area contributed by atoms with Gasteiger partial charge in [-0.05, 0) is 30.5 Å². The van der Waals surface area contributed by atoms with E-state index in [0.29, 0.717) is 18.4 Å². The van der Waals surface area contributed by atoms with Crippen molar-refractivity contribution in [2.45, 2.75) is 50.5 Å². The molecule has 0 spiro atoms. The van der Waals surface area contributed by atoms with E-state index in [2.05, 4.69) is 5.32 Å². The zero-order valence-electron chi connectivity index (χ0n) is 12.0. The molecule has 1 saturated carbocycles. The fourth-order valence-electron chi connectivity index (χ4n) is 3.06. The smallest absolute Gasteiger partial charge is 0.305 e. The van der Waals surface area contributed by atoms with E-state index in [1.54, 1.807) is 24.3 Å². The van der Waals surface area contributed by atoms with Crippen LogP contribution in [0.25, 0.3) is 0 Å². The van der Waals surface area contributed by atoms with E-state index in [1.807, 2.05) is 0 Å². The second-order valence-electron chi connectivity index (χ2n) is 5.81. The first-order valence-electron chi connectivity index (χ1n) is 7.30. The van der Waals surface area contributed by atoms with Crippen LogP contribution in [-0.4, -0.2) is 27.6 Å². The minimum Gasteiger partial charge on any atom is -0.508 e. The van der Waals surface area contributed by atoms with E-state index in [4.69, 9.17) is 5.11 Å². The first-order valence-corrected chi connectivity index (χ1v) is 7.30. The van der Waals surface area contributed by atoms with Gasteiger partial charge >= 0.3 is 5.97 Å². The van der Waals surface area contributed by atoms with Crippen LogP contribution in [0.1, 0.15) is 44.1 Å². The van der Waals surface area contributed by atoms with E-state index < -0.39 is 11.5 Å². The van der Waals surface area contributed by atoms with Gasteiger partial charge in [-0.1, -0.05) is 31.4 Å². The highest BCUT2D eigenvalue weighted by molar-refractivity contribution is 5.80. The van der Waals surface area contributed by atoms with Gasteiger partial charge in [0, 0.05) is 0 Å². The number of nitrogens with one attached hydrogen (secondary N) is 1. The Morgan fingerprint density at radius 2 is 1.90 bits per heavy atom. The third-order valence-corrected chi connectivity index (χ3v) is 3.98. The standard InChI is InChI=1S/C16H21NO4/c18-13-6-4-5-12(9-13)10-14(19)17-16(11-15(20)21)7-2-1-3-8-16/h4-6,9,18H,1-3,7-8,10-11H2,(H,17,19)(H,20,21). The summed E-state index contributed by atoms with van der Waals surface area (Å²) in [7, 11) is 0. The quantitative estimate of drug-likeness (QED) is 0.776. The largest absolute Gasteiger partial charge is 0.508 e. The van der Waals surface area contributed by atoms with Crippen LogP contribution in [0.15, 0.2) is 24.3 Å². The molecule has 1 aliphatic carbocycles. The van der Waals surface area contributed by atoms with Gasteiger partial charge < -0.3 is 15.5 Å². The Morgan fingerprint density at radius 3 is 2.52 bits per heavy atom. The molecule has 0 unspecified atom stereocenters. The fraction of sp³-hybridized carbons (Fsp3) is 0.500. The Labute approximate surface area is 124 Å². The molecule has 5 nitrogen and oxygen atoms in total. The molecule has 114 valence electrons. The number of rotatable bonds is 5. The summed E-state index contributed by atoms with van der Waals surface area (Å²) in [5, 5.41) is 21.4. The number of amides is 1. The van der Waals surface area contributed by atoms with Crippen molar-refractivity contribution in [3.05, 3.63) is 29.8 Å². The van der Waals surface area contributed by atoms with Crippen LogP contribution >= 0.6 is 0 Å². The van der Waals surface area contributed by atoms with Gasteiger partial charge in [-0.15, -0.1) is 0 Å². The number of aromatic hydroxyl groups is 1. The molecule has 1 aromatic rings. The fourth-order valence-corrected chi connectivity index (χ4v) is 3.06. The van der Waals surface area contributed by atoms with Gasteiger partial charge in [-0.3, -0.25) is 9.59 Å². The molecule has 21 heavy (non-hydrogen) atoms. The molecule has 0 aliphatic heterocycles. The van der Waals surface area contributed by atoms with Crippen LogP contribution in [0, 0.1) is 0 Å². The normalized spacial score (nSPS) is 17.1. The number of phenolic OH excluding ortho intramolecular Hbond substituents is 1. The Morgan fingerprint density at radius 1 is 1.19 bits per heavy atom. The third-order valence-electron chi connectivity index (χ3n) is 3.98. The summed E-state index contributed by atoms with van der Waals surface area (Å²) < 4.78 is 0. The number of carbonyl (C=O) groups excluding carboxylic acids is 1. The summed E-state index contributed by atoms with van der Waals surface area (Å²) in [6.45, 7) is 0. The molecule has 0 atom stereocenters. The Bertz CT molecular complexity index is 521. The number of phenols is 1. The highest BCUT2D eigenvalue weighted by Gasteiger charge is 2.35. The molecular weight excluding hydrogens is 270 g/mol. The Hall–Kier alpha value is -2.04. The maximum absolute atomic E-state index is 12.2. The number of hydrogen-bond donors (Lipinski definition) is 3. The van der Waals surface area contributed by atoms with Crippen LogP contribution in [-0.2, 0) is 16.0 Å². The van der Waals surface area contributed by atoms with Crippen molar-refractivity contribution in [2.24, 2.45) is 0 Å². The lowest BCUT2D eigenvalue weighted by molar-refractivity contribution is -0.139. The lowest BCUT2D eigenvalue weighted by Gasteiger charge is -2.37. The van der Waals surface area contributed by atoms with Crippen molar-refractivity contribution < 1.29 is 19.8 Å². The molecule has 0 heterocycles. The zero-order valence-corrected chi connectivity index (χ0v) is 12.0. The summed E-state index contributed by atoms with van der Waals surface area (Å²) in [6, 6.07) is 6.55. The van der Waals surface area contributed by atoms with Crippen LogP contribution < -0.4 is 5.32 Å². The monoisotopic (exact) mass is 291 g/mol. The summed E-state index contributed by atoms with van der Waals surface area (Å²) in [5.41, 5.74) is 0.103. The average Bonchev–Trinajstić information content (AvgIpc) is 2.38. The second-order valence-corrected chi connectivity index (χ2v) is 5.81. The molecule has 3 N–H and O–H groups in total. The van der Waals surface area contributed by atoms with Crippen molar-refractivity contribution in [1.29, 1.82) is 0 Å². The minimum atomic E-state index is -0.880. The maximum atomic E-state index is 12.2. The van der Waals surface area contributed by atoms with Gasteiger partial charge in [0.05, 0.1) is 18.4 Å². The highest BCUT2D eigenvalue weighted by Crippen LogP contribution is 2.31. The molecule has 1 fully saturated rings.